The van der Waals surface area contributed by atoms with Crippen molar-refractivity contribution in [1.29, 1.82) is 0 Å². The normalized spacial score (nSPS) is 34.3. The van der Waals surface area contributed by atoms with Crippen LogP contribution in [-0.4, -0.2) is 86.2 Å². The molecule has 5 aliphatic rings. The number of esters is 1. The van der Waals surface area contributed by atoms with Gasteiger partial charge >= 0.3 is 5.97 Å². The zero-order valence-corrected chi connectivity index (χ0v) is 25.6. The monoisotopic (exact) mass is 656 g/mol. The predicted molar refractivity (Wildman–Crippen MR) is 156 cm³/mol. The summed E-state index contributed by atoms with van der Waals surface area (Å²) in [6.07, 6.45) is -7.16. The summed E-state index contributed by atoms with van der Waals surface area (Å²) in [6.45, 7) is 0.171. The third kappa shape index (κ3) is 4.70. The molecule has 0 bridgehead atoms. The molecule has 0 unspecified atom stereocenters. The van der Waals surface area contributed by atoms with Gasteiger partial charge in [0.25, 0.3) is 0 Å². The van der Waals surface area contributed by atoms with Crippen LogP contribution in [0.2, 0.25) is 0 Å². The van der Waals surface area contributed by atoms with Crippen molar-refractivity contribution >= 4 is 17.3 Å². The summed E-state index contributed by atoms with van der Waals surface area (Å²) in [5.41, 5.74) is 2.00. The second-order valence-corrected chi connectivity index (χ2v) is 12.7. The lowest BCUT2D eigenvalue weighted by Crippen LogP contribution is -2.62. The molecule has 0 saturated carbocycles. The highest BCUT2D eigenvalue weighted by Crippen LogP contribution is 2.57. The van der Waals surface area contributed by atoms with Crippen LogP contribution in [0.3, 0.4) is 0 Å². The number of aromatic hydroxyl groups is 1. The van der Waals surface area contributed by atoms with Crippen LogP contribution in [0.1, 0.15) is 39.9 Å². The fraction of sp³-hybridized carbons (Fsp3) is 0.469. The van der Waals surface area contributed by atoms with E-state index in [9.17, 15) is 20.1 Å². The molecule has 0 radical (unpaired) electrons. The Balaban J connectivity index is 1.16. The topological polar surface area (TPSA) is 161 Å². The van der Waals surface area contributed by atoms with E-state index in [1.807, 2.05) is 23.6 Å². The second kappa shape index (κ2) is 11.6. The summed E-state index contributed by atoms with van der Waals surface area (Å²) in [4.78, 5) is 14.3. The molecular weight excluding hydrogens is 624 g/mol. The maximum atomic E-state index is 13.5. The number of hydrogen-bond acceptors (Lipinski definition) is 14. The highest BCUT2D eigenvalue weighted by atomic mass is 32.1. The average Bonchev–Trinajstić information content (AvgIpc) is 3.85. The van der Waals surface area contributed by atoms with Gasteiger partial charge in [-0.25, -0.2) is 0 Å². The van der Waals surface area contributed by atoms with Crippen LogP contribution in [-0.2, 0) is 28.5 Å². The molecule has 0 amide bonds. The minimum Gasteiger partial charge on any atom is -0.502 e. The number of fused-ring (bicyclic) bond motifs is 4. The van der Waals surface area contributed by atoms with Gasteiger partial charge in [-0.15, -0.1) is 11.3 Å². The summed E-state index contributed by atoms with van der Waals surface area (Å²) in [5, 5.41) is 35.0. The van der Waals surface area contributed by atoms with Gasteiger partial charge in [0.1, 0.15) is 24.4 Å². The summed E-state index contributed by atoms with van der Waals surface area (Å²) in [5.74, 6) is -1.08. The molecule has 3 saturated heterocycles. The van der Waals surface area contributed by atoms with Crippen LogP contribution in [0.4, 0.5) is 0 Å². The standard InChI is InChI=1S/C32H32O13S/c1-37-19-6-13(7-20(38-2)25(19)33)23-14-8-17-18(42-12-41-17)9-15(14)28(16-10-39-30(36)24(16)23)44-32-27(35)26(34)29-21(43-32)11-40-31(45-29)22-4-3-5-46-22/h3-9,16,21,23-24,26-29,31-35H,10-12H2,1-2H3/t16-,21-,23+,24-,26-,27+,28+,29-,31-,32-/m0/s1. The highest BCUT2D eigenvalue weighted by molar-refractivity contribution is 7.10. The smallest absolute Gasteiger partial charge is 0.310 e. The molecule has 46 heavy (non-hydrogen) atoms. The number of rotatable bonds is 6. The van der Waals surface area contributed by atoms with E-state index in [2.05, 4.69) is 0 Å². The van der Waals surface area contributed by atoms with Gasteiger partial charge in [0.2, 0.25) is 12.5 Å². The number of benzene rings is 2. The number of aliphatic hydroxyl groups is 2. The average molecular weight is 657 g/mol. The third-order valence-electron chi connectivity index (χ3n) is 9.37. The fourth-order valence-electron chi connectivity index (χ4n) is 7.18. The Hall–Kier alpha value is -3.63. The second-order valence-electron chi connectivity index (χ2n) is 11.8. The van der Waals surface area contributed by atoms with E-state index >= 15 is 0 Å². The number of phenols is 1. The van der Waals surface area contributed by atoms with Crippen LogP contribution in [0.15, 0.2) is 41.8 Å². The van der Waals surface area contributed by atoms with E-state index in [1.165, 1.54) is 25.6 Å². The first-order valence-corrected chi connectivity index (χ1v) is 15.8. The van der Waals surface area contributed by atoms with Gasteiger partial charge in [0.05, 0.1) is 44.3 Å². The largest absolute Gasteiger partial charge is 0.502 e. The number of carbonyl (C=O) groups is 1. The zero-order chi connectivity index (χ0) is 31.7. The lowest BCUT2D eigenvalue weighted by molar-refractivity contribution is -0.368. The lowest BCUT2D eigenvalue weighted by atomic mass is 9.66. The summed E-state index contributed by atoms with van der Waals surface area (Å²) >= 11 is 1.46. The summed E-state index contributed by atoms with van der Waals surface area (Å²) < 4.78 is 52.6. The summed E-state index contributed by atoms with van der Waals surface area (Å²) in [7, 11) is 2.86. The molecule has 13 nitrogen and oxygen atoms in total. The van der Waals surface area contributed by atoms with Crippen molar-refractivity contribution in [3.63, 3.8) is 0 Å². The van der Waals surface area contributed by atoms with Gasteiger partial charge < -0.3 is 58.0 Å². The van der Waals surface area contributed by atoms with Crippen LogP contribution < -0.4 is 18.9 Å². The molecule has 244 valence electrons. The van der Waals surface area contributed by atoms with Crippen molar-refractivity contribution in [2.75, 3.05) is 34.2 Å². The number of phenolic OH excluding ortho intramolecular Hbond substituents is 1. The van der Waals surface area contributed by atoms with Gasteiger partial charge in [-0.05, 0) is 52.4 Å². The van der Waals surface area contributed by atoms with Crippen molar-refractivity contribution in [2.24, 2.45) is 11.8 Å². The molecule has 1 aliphatic carbocycles. The van der Waals surface area contributed by atoms with Crippen LogP contribution >= 0.6 is 11.3 Å². The number of aliphatic hydroxyl groups excluding tert-OH is 2. The molecule has 2 aromatic carbocycles. The molecule has 5 heterocycles. The molecule has 3 aromatic rings. The van der Waals surface area contributed by atoms with E-state index < -0.39 is 66.8 Å². The van der Waals surface area contributed by atoms with Crippen molar-refractivity contribution < 1.29 is 62.7 Å². The summed E-state index contributed by atoms with van der Waals surface area (Å²) in [6, 6.07) is 10.7. The van der Waals surface area contributed by atoms with E-state index in [0.717, 1.165) is 4.88 Å². The number of hydrogen-bond donors (Lipinski definition) is 3. The number of cyclic esters (lactones) is 1. The molecular formula is C32H32O13S. The van der Waals surface area contributed by atoms with E-state index in [4.69, 9.17) is 42.6 Å². The Bertz CT molecular complexity index is 1600. The molecule has 14 heteroatoms. The number of methoxy groups -OCH3 is 2. The van der Waals surface area contributed by atoms with Gasteiger partial charge in [-0.3, -0.25) is 4.79 Å². The number of carbonyl (C=O) groups excluding carboxylic acids is 1. The predicted octanol–water partition coefficient (Wildman–Crippen LogP) is 2.75. The fourth-order valence-corrected chi connectivity index (χ4v) is 7.89. The van der Waals surface area contributed by atoms with Gasteiger partial charge in [0, 0.05) is 11.8 Å². The van der Waals surface area contributed by atoms with Gasteiger partial charge in [-0.2, -0.15) is 0 Å². The first-order chi connectivity index (χ1) is 22.4. The first-order valence-electron chi connectivity index (χ1n) is 14.9. The molecule has 3 fully saturated rings. The number of ether oxygens (including phenoxy) is 9. The van der Waals surface area contributed by atoms with E-state index in [-0.39, 0.29) is 37.3 Å². The Morgan fingerprint density at radius 1 is 0.913 bits per heavy atom. The Morgan fingerprint density at radius 2 is 1.65 bits per heavy atom. The van der Waals surface area contributed by atoms with Crippen LogP contribution in [0.25, 0.3) is 0 Å². The van der Waals surface area contributed by atoms with Crippen molar-refractivity contribution in [2.45, 2.75) is 49.0 Å². The van der Waals surface area contributed by atoms with Crippen molar-refractivity contribution in [3.05, 3.63) is 63.3 Å². The zero-order valence-electron chi connectivity index (χ0n) is 24.8. The lowest BCUT2D eigenvalue weighted by Gasteiger charge is -2.48. The first kappa shape index (κ1) is 29.8. The molecule has 0 spiro atoms. The van der Waals surface area contributed by atoms with Crippen LogP contribution in [0, 0.1) is 11.8 Å². The molecule has 3 N–H and O–H groups in total. The van der Waals surface area contributed by atoms with Crippen molar-refractivity contribution in [1.82, 2.24) is 0 Å². The van der Waals surface area contributed by atoms with E-state index in [0.29, 0.717) is 28.2 Å². The SMILES string of the molecule is COc1cc([C@@H]2c3cc4c(cc3[C@@H](O[C@@H]3O[C@H]5CO[C@H](c6cccs6)O[C@@H]5[C@@H](O)[C@H]3O)[C@H]3COC(=O)[C@H]23)OCO4)cc(OC)c1O. The molecule has 4 aliphatic heterocycles. The highest BCUT2D eigenvalue weighted by Gasteiger charge is 2.56. The molecule has 8 rings (SSSR count). The minimum absolute atomic E-state index is 0.0242. The van der Waals surface area contributed by atoms with Crippen molar-refractivity contribution in [3.8, 4) is 28.7 Å². The Kier molecular flexibility index (Phi) is 7.48. The quantitative estimate of drug-likeness (QED) is 0.333. The number of thiophene rings is 1. The van der Waals surface area contributed by atoms with Gasteiger partial charge in [-0.1, -0.05) is 6.07 Å². The minimum atomic E-state index is -1.47. The molecule has 10 atom stereocenters. The maximum absolute atomic E-state index is 13.5. The maximum Gasteiger partial charge on any atom is 0.310 e. The molecule has 1 aromatic heterocycles. The Morgan fingerprint density at radius 3 is 2.35 bits per heavy atom. The van der Waals surface area contributed by atoms with E-state index in [1.54, 1.807) is 18.2 Å². The third-order valence-corrected chi connectivity index (χ3v) is 10.3. The van der Waals surface area contributed by atoms with Gasteiger partial charge in [0.15, 0.2) is 35.6 Å². The Labute approximate surface area is 267 Å². The van der Waals surface area contributed by atoms with Crippen LogP contribution in [0.5, 0.6) is 28.7 Å².